The molecule has 0 fully saturated rings. The highest BCUT2D eigenvalue weighted by molar-refractivity contribution is 5.82. The maximum Gasteiger partial charge on any atom is 0.0991 e. The summed E-state index contributed by atoms with van der Waals surface area (Å²) in [5.41, 5.74) is 17.0. The van der Waals surface area contributed by atoms with E-state index >= 15 is 0 Å². The monoisotopic (exact) mass is 1250 g/mol. The van der Waals surface area contributed by atoms with E-state index in [-0.39, 0.29) is 0 Å². The van der Waals surface area contributed by atoms with Crippen molar-refractivity contribution in [1.29, 1.82) is 15.8 Å². The van der Waals surface area contributed by atoms with E-state index in [0.717, 1.165) is 51.2 Å². The van der Waals surface area contributed by atoms with Crippen LogP contribution in [0.4, 0.5) is 51.2 Å². The highest BCUT2D eigenvalue weighted by Gasteiger charge is 2.22. The number of para-hydroxylation sites is 6. The number of benzene rings is 13. The van der Waals surface area contributed by atoms with Crippen molar-refractivity contribution >= 4 is 51.2 Å². The summed E-state index contributed by atoms with van der Waals surface area (Å²) in [6.07, 6.45) is 0. The van der Waals surface area contributed by atoms with Gasteiger partial charge >= 0.3 is 0 Å². The standard InChI is InChI=1S/C93H54N6/c94-67-76-37-31-70(32-38-76)49-61-88-91(64-52-73-43-55-85(56-44-73)97(79-19-7-1-8-20-79)80-21-9-2-10-22-80)89(62-50-71-33-39-77(68-95)40-34-71)93(66-54-75-47-59-87(60-48-75)99(83-27-15-5-16-28-83)84-29-17-6-18-30-84)90(63-51-72-35-41-78(69-96)42-36-72)92(88)65-53-74-45-57-86(58-46-74)98(81-23-11-3-12-24-81)82-25-13-4-14-26-82/h1-48,55-60H. The molecule has 0 bridgehead atoms. The Bertz CT molecular complexity index is 4890. The van der Waals surface area contributed by atoms with Gasteiger partial charge in [0.15, 0.2) is 0 Å². The van der Waals surface area contributed by atoms with Gasteiger partial charge < -0.3 is 14.7 Å². The Morgan fingerprint density at radius 1 is 0.141 bits per heavy atom. The van der Waals surface area contributed by atoms with E-state index in [1.807, 2.05) is 182 Å². The topological polar surface area (TPSA) is 81.1 Å². The predicted molar refractivity (Wildman–Crippen MR) is 399 cm³/mol. The molecule has 13 rings (SSSR count). The first kappa shape index (κ1) is 62.9. The summed E-state index contributed by atoms with van der Waals surface area (Å²) >= 11 is 0. The SMILES string of the molecule is N#Cc1ccc(C#Cc2c(C#Cc3ccc(N(c4ccccc4)c4ccccc4)cc3)c(C#Cc3ccc(C#N)cc3)c(C#Cc3ccc(N(c4ccccc4)c4ccccc4)cc3)c(C#Cc3ccc(C#N)cc3)c2C#Cc2ccc(N(c3ccccc3)c3ccccc3)cc2)cc1. The molecule has 13 aromatic rings. The van der Waals surface area contributed by atoms with Gasteiger partial charge in [0.1, 0.15) is 0 Å². The van der Waals surface area contributed by atoms with Crippen LogP contribution in [0.25, 0.3) is 0 Å². The Hall–Kier alpha value is -14.9. The van der Waals surface area contributed by atoms with Crippen LogP contribution >= 0.6 is 0 Å². The lowest BCUT2D eigenvalue weighted by Gasteiger charge is -2.25. The number of anilines is 9. The van der Waals surface area contributed by atoms with Crippen LogP contribution in [0, 0.1) is 105 Å². The van der Waals surface area contributed by atoms with E-state index in [0.29, 0.717) is 83.5 Å². The van der Waals surface area contributed by atoms with Gasteiger partial charge in [-0.2, -0.15) is 15.8 Å². The van der Waals surface area contributed by atoms with Gasteiger partial charge in [0.2, 0.25) is 0 Å². The lowest BCUT2D eigenvalue weighted by Crippen LogP contribution is -2.09. The van der Waals surface area contributed by atoms with Crippen molar-refractivity contribution < 1.29 is 0 Å². The second-order valence-electron chi connectivity index (χ2n) is 22.5. The number of hydrogen-bond donors (Lipinski definition) is 0. The molecule has 0 N–H and O–H groups in total. The summed E-state index contributed by atoms with van der Waals surface area (Å²) in [6, 6.07) is 114. The Morgan fingerprint density at radius 3 is 0.424 bits per heavy atom. The van der Waals surface area contributed by atoms with Gasteiger partial charge in [-0.25, -0.2) is 0 Å². The van der Waals surface area contributed by atoms with E-state index in [9.17, 15) is 15.8 Å². The maximum atomic E-state index is 9.86. The quantitative estimate of drug-likeness (QED) is 0.134. The fraction of sp³-hybridized carbons (Fsp3) is 0. The average molecular weight is 1260 g/mol. The molecule has 0 aromatic heterocycles. The van der Waals surface area contributed by atoms with Gasteiger partial charge in [-0.1, -0.05) is 180 Å². The van der Waals surface area contributed by atoms with E-state index in [4.69, 9.17) is 0 Å². The zero-order valence-corrected chi connectivity index (χ0v) is 53.4. The molecule has 0 amide bonds. The highest BCUT2D eigenvalue weighted by atomic mass is 15.2. The zero-order chi connectivity index (χ0) is 67.4. The minimum atomic E-state index is 0.441. The molecule has 0 heterocycles. The van der Waals surface area contributed by atoms with Crippen LogP contribution in [-0.4, -0.2) is 0 Å². The van der Waals surface area contributed by atoms with Crippen LogP contribution in [0.1, 0.15) is 83.5 Å². The fourth-order valence-corrected chi connectivity index (χ4v) is 11.1. The third-order valence-corrected chi connectivity index (χ3v) is 16.0. The molecule has 0 aliphatic rings. The molecule has 0 spiro atoms. The predicted octanol–water partition coefficient (Wildman–Crippen LogP) is 20.1. The van der Waals surface area contributed by atoms with Crippen molar-refractivity contribution in [2.45, 2.75) is 0 Å². The molecule has 0 unspecified atom stereocenters. The molecule has 0 aliphatic heterocycles. The van der Waals surface area contributed by atoms with E-state index in [1.165, 1.54) is 0 Å². The van der Waals surface area contributed by atoms with Crippen molar-refractivity contribution in [3.8, 4) is 89.3 Å². The fourth-order valence-electron chi connectivity index (χ4n) is 11.1. The van der Waals surface area contributed by atoms with Crippen molar-refractivity contribution in [2.24, 2.45) is 0 Å². The molecular formula is C93H54N6. The smallest absolute Gasteiger partial charge is 0.0991 e. The van der Waals surface area contributed by atoms with Crippen molar-refractivity contribution in [3.05, 3.63) is 411 Å². The van der Waals surface area contributed by atoms with Crippen LogP contribution in [0.2, 0.25) is 0 Å². The highest BCUT2D eigenvalue weighted by Crippen LogP contribution is 2.38. The second kappa shape index (κ2) is 30.7. The number of nitriles is 3. The Kier molecular flexibility index (Phi) is 19.5. The molecule has 0 aliphatic carbocycles. The third kappa shape index (κ3) is 15.3. The van der Waals surface area contributed by atoms with Gasteiger partial charge in [-0.3, -0.25) is 0 Å². The minimum Gasteiger partial charge on any atom is -0.311 e. The molecule has 6 heteroatoms. The normalized spacial score (nSPS) is 9.91. The lowest BCUT2D eigenvalue weighted by atomic mass is 9.86. The molecule has 0 saturated carbocycles. The first-order valence-electron chi connectivity index (χ1n) is 31.8. The van der Waals surface area contributed by atoms with Gasteiger partial charge in [-0.05, 0) is 218 Å². The van der Waals surface area contributed by atoms with Crippen molar-refractivity contribution in [1.82, 2.24) is 0 Å². The third-order valence-electron chi connectivity index (χ3n) is 16.0. The van der Waals surface area contributed by atoms with Crippen LogP contribution in [0.15, 0.2) is 328 Å². The first-order valence-corrected chi connectivity index (χ1v) is 31.8. The summed E-state index contributed by atoms with van der Waals surface area (Å²) in [6.45, 7) is 0. The average Bonchev–Trinajstić information content (AvgIpc) is 0.753. The Balaban J connectivity index is 1.08. The molecule has 0 saturated heterocycles. The van der Waals surface area contributed by atoms with Gasteiger partial charge in [-0.15, -0.1) is 0 Å². The maximum absolute atomic E-state index is 9.86. The van der Waals surface area contributed by atoms with E-state index in [2.05, 4.69) is 213 Å². The van der Waals surface area contributed by atoms with E-state index in [1.54, 1.807) is 36.4 Å². The first-order chi connectivity index (χ1) is 48.9. The van der Waals surface area contributed by atoms with Crippen LogP contribution in [-0.2, 0) is 0 Å². The van der Waals surface area contributed by atoms with Crippen molar-refractivity contribution in [2.75, 3.05) is 14.7 Å². The summed E-state index contributed by atoms with van der Waals surface area (Å²) in [5, 5.41) is 29.6. The van der Waals surface area contributed by atoms with Crippen molar-refractivity contribution in [3.63, 3.8) is 0 Å². The second-order valence-corrected chi connectivity index (χ2v) is 22.5. The van der Waals surface area contributed by atoms with E-state index < -0.39 is 0 Å². The molecule has 456 valence electrons. The minimum absolute atomic E-state index is 0.441. The molecule has 0 radical (unpaired) electrons. The zero-order valence-electron chi connectivity index (χ0n) is 53.4. The summed E-state index contributed by atoms with van der Waals surface area (Å²) in [4.78, 5) is 6.60. The largest absolute Gasteiger partial charge is 0.311 e. The van der Waals surface area contributed by atoms with Gasteiger partial charge in [0.25, 0.3) is 0 Å². The summed E-state index contributed by atoms with van der Waals surface area (Å²) in [5.74, 6) is 42.5. The Morgan fingerprint density at radius 2 is 0.273 bits per heavy atom. The molecule has 6 nitrogen and oxygen atoms in total. The Labute approximate surface area is 578 Å². The molecule has 13 aromatic carbocycles. The van der Waals surface area contributed by atoms with Crippen LogP contribution < -0.4 is 14.7 Å². The number of rotatable bonds is 9. The summed E-state index contributed by atoms with van der Waals surface area (Å²) < 4.78 is 0. The van der Waals surface area contributed by atoms with Gasteiger partial charge in [0, 0.05) is 84.6 Å². The summed E-state index contributed by atoms with van der Waals surface area (Å²) in [7, 11) is 0. The van der Waals surface area contributed by atoms with Gasteiger partial charge in [0.05, 0.1) is 68.3 Å². The molecular weight excluding hydrogens is 1200 g/mol. The lowest BCUT2D eigenvalue weighted by molar-refractivity contribution is 1.28. The number of hydrogen-bond acceptors (Lipinski definition) is 6. The van der Waals surface area contributed by atoms with Crippen LogP contribution in [0.5, 0.6) is 0 Å². The molecule has 99 heavy (non-hydrogen) atoms. The number of nitrogens with zero attached hydrogens (tertiary/aromatic N) is 6. The van der Waals surface area contributed by atoms with Crippen LogP contribution in [0.3, 0.4) is 0 Å². The molecule has 0 atom stereocenters.